The molecule has 0 saturated heterocycles. The highest BCUT2D eigenvalue weighted by Gasteiger charge is 2.14. The number of nitrogens with zero attached hydrogens (tertiary/aromatic N) is 3. The Morgan fingerprint density at radius 3 is 2.78 bits per heavy atom. The molecule has 2 aromatic heterocycles. The fourth-order valence-electron chi connectivity index (χ4n) is 3.75. The maximum absolute atomic E-state index is 12.8. The Morgan fingerprint density at radius 2 is 1.94 bits per heavy atom. The third-order valence-electron chi connectivity index (χ3n) is 5.40. The molecule has 2 aromatic carbocycles. The normalized spacial score (nSPS) is 12.4. The molecule has 0 unspecified atom stereocenters. The molecule has 0 radical (unpaired) electrons. The maximum atomic E-state index is 12.8. The summed E-state index contributed by atoms with van der Waals surface area (Å²) in [6, 6.07) is 17.6. The molecule has 32 heavy (non-hydrogen) atoms. The molecule has 0 fully saturated rings. The summed E-state index contributed by atoms with van der Waals surface area (Å²) in [6.45, 7) is 0. The van der Waals surface area contributed by atoms with Gasteiger partial charge in [0.1, 0.15) is 10.7 Å². The van der Waals surface area contributed by atoms with Crippen molar-refractivity contribution in [3.8, 4) is 0 Å². The fraction of sp³-hybridized carbons (Fsp3) is 0.125. The molecule has 3 heterocycles. The molecular formula is C24H21ClN6O. The van der Waals surface area contributed by atoms with Crippen LogP contribution in [0.25, 0.3) is 0 Å². The third kappa shape index (κ3) is 4.15. The van der Waals surface area contributed by atoms with Crippen LogP contribution in [0.15, 0.2) is 67.0 Å². The van der Waals surface area contributed by atoms with E-state index in [9.17, 15) is 4.79 Å². The van der Waals surface area contributed by atoms with E-state index in [4.69, 9.17) is 11.6 Å². The van der Waals surface area contributed by atoms with E-state index in [2.05, 4.69) is 38.1 Å². The number of halogens is 1. The third-order valence-corrected chi connectivity index (χ3v) is 5.68. The molecular weight excluding hydrogens is 424 g/mol. The van der Waals surface area contributed by atoms with Gasteiger partial charge in [0.15, 0.2) is 5.82 Å². The highest BCUT2D eigenvalue weighted by atomic mass is 35.5. The van der Waals surface area contributed by atoms with Crippen molar-refractivity contribution in [3.05, 3.63) is 88.8 Å². The smallest absolute Gasteiger partial charge is 0.272 e. The standard InChI is InChI=1S/C24H21ClN6O/c1-31-11-3-6-21(31)23(32)29-20-10-9-18-13-16(20)8-7-15-4-2-5-17(12-15)28-24-26-14-19(25)22(27-18)30-24/h2-6,9-14H,7-8H2,1H3,(H,29,32)(H2,26,27,28,30). The van der Waals surface area contributed by atoms with Crippen LogP contribution >= 0.6 is 11.6 Å². The van der Waals surface area contributed by atoms with Gasteiger partial charge >= 0.3 is 0 Å². The molecule has 3 N–H and O–H groups in total. The van der Waals surface area contributed by atoms with Crippen molar-refractivity contribution >= 4 is 46.3 Å². The first-order valence-corrected chi connectivity index (χ1v) is 10.6. The Balaban J connectivity index is 1.54. The maximum Gasteiger partial charge on any atom is 0.272 e. The molecule has 0 saturated carbocycles. The lowest BCUT2D eigenvalue weighted by Crippen LogP contribution is -2.16. The van der Waals surface area contributed by atoms with Crippen LogP contribution in [-0.2, 0) is 19.9 Å². The Labute approximate surface area is 190 Å². The lowest BCUT2D eigenvalue weighted by Gasteiger charge is -2.15. The van der Waals surface area contributed by atoms with Crippen LogP contribution in [0.4, 0.5) is 28.8 Å². The number of rotatable bonds is 2. The second kappa shape index (κ2) is 8.36. The second-order valence-corrected chi connectivity index (χ2v) is 8.08. The van der Waals surface area contributed by atoms with E-state index in [1.165, 1.54) is 5.56 Å². The quantitative estimate of drug-likeness (QED) is 0.390. The minimum atomic E-state index is -0.146. The highest BCUT2D eigenvalue weighted by Crippen LogP contribution is 2.29. The number of benzene rings is 2. The number of aryl methyl sites for hydroxylation is 3. The Bertz CT molecular complexity index is 1320. The molecule has 0 atom stereocenters. The van der Waals surface area contributed by atoms with Crippen molar-refractivity contribution in [2.75, 3.05) is 16.0 Å². The van der Waals surface area contributed by atoms with E-state index in [0.717, 1.165) is 35.5 Å². The molecule has 1 aliphatic rings. The first-order chi connectivity index (χ1) is 15.5. The van der Waals surface area contributed by atoms with E-state index >= 15 is 0 Å². The van der Waals surface area contributed by atoms with Crippen LogP contribution in [0.2, 0.25) is 5.02 Å². The second-order valence-electron chi connectivity index (χ2n) is 7.67. The zero-order chi connectivity index (χ0) is 22.1. The van der Waals surface area contributed by atoms with Crippen LogP contribution in [0.5, 0.6) is 0 Å². The zero-order valence-electron chi connectivity index (χ0n) is 17.4. The van der Waals surface area contributed by atoms with Crippen molar-refractivity contribution in [3.63, 3.8) is 0 Å². The lowest BCUT2D eigenvalue weighted by atomic mass is 10.0. The zero-order valence-corrected chi connectivity index (χ0v) is 18.1. The van der Waals surface area contributed by atoms with Gasteiger partial charge in [0, 0.05) is 30.3 Å². The summed E-state index contributed by atoms with van der Waals surface area (Å²) in [5.41, 5.74) is 5.29. The van der Waals surface area contributed by atoms with Crippen molar-refractivity contribution in [2.45, 2.75) is 12.8 Å². The predicted molar refractivity (Wildman–Crippen MR) is 127 cm³/mol. The molecule has 7 nitrogen and oxygen atoms in total. The number of anilines is 5. The van der Waals surface area contributed by atoms with Crippen molar-refractivity contribution in [1.29, 1.82) is 0 Å². The van der Waals surface area contributed by atoms with Crippen LogP contribution in [0, 0.1) is 0 Å². The van der Waals surface area contributed by atoms with Gasteiger partial charge in [-0.1, -0.05) is 23.7 Å². The largest absolute Gasteiger partial charge is 0.347 e. The Morgan fingerprint density at radius 1 is 1.06 bits per heavy atom. The Hall–Kier alpha value is -3.84. The summed E-state index contributed by atoms with van der Waals surface area (Å²) in [5, 5.41) is 9.99. The molecule has 4 aromatic rings. The van der Waals surface area contributed by atoms with Gasteiger partial charge in [-0.3, -0.25) is 4.79 Å². The molecule has 5 rings (SSSR count). The van der Waals surface area contributed by atoms with Gasteiger partial charge < -0.3 is 20.5 Å². The lowest BCUT2D eigenvalue weighted by molar-refractivity contribution is 0.101. The average Bonchev–Trinajstić information content (AvgIpc) is 3.22. The first kappa shape index (κ1) is 20.1. The van der Waals surface area contributed by atoms with Crippen molar-refractivity contribution in [1.82, 2.24) is 14.5 Å². The predicted octanol–water partition coefficient (Wildman–Crippen LogP) is 5.31. The van der Waals surface area contributed by atoms with Gasteiger partial charge in [0.25, 0.3) is 5.91 Å². The molecule has 0 spiro atoms. The number of carbonyl (C=O) groups is 1. The summed E-state index contributed by atoms with van der Waals surface area (Å²) in [6.07, 6.45) is 4.98. The minimum Gasteiger partial charge on any atom is -0.347 e. The average molecular weight is 445 g/mol. The molecule has 1 amide bonds. The van der Waals surface area contributed by atoms with Crippen LogP contribution < -0.4 is 16.0 Å². The van der Waals surface area contributed by atoms with Gasteiger partial charge in [-0.05, 0) is 66.4 Å². The van der Waals surface area contributed by atoms with E-state index in [0.29, 0.717) is 22.5 Å². The van der Waals surface area contributed by atoms with E-state index in [1.54, 1.807) is 16.8 Å². The summed E-state index contributed by atoms with van der Waals surface area (Å²) in [5.74, 6) is 0.818. The first-order valence-electron chi connectivity index (χ1n) is 10.3. The molecule has 1 aliphatic heterocycles. The van der Waals surface area contributed by atoms with Crippen LogP contribution in [0.3, 0.4) is 0 Å². The van der Waals surface area contributed by atoms with Gasteiger partial charge in [-0.15, -0.1) is 0 Å². The summed E-state index contributed by atoms with van der Waals surface area (Å²) >= 11 is 6.33. The van der Waals surface area contributed by atoms with Gasteiger partial charge in [0.2, 0.25) is 5.95 Å². The Kier molecular flexibility index (Phi) is 5.25. The van der Waals surface area contributed by atoms with E-state index in [-0.39, 0.29) is 5.91 Å². The molecule has 0 aliphatic carbocycles. The number of amides is 1. The van der Waals surface area contributed by atoms with Crippen molar-refractivity contribution in [2.24, 2.45) is 7.05 Å². The number of carbonyl (C=O) groups excluding carboxylic acids is 1. The number of fused-ring (bicyclic) bond motifs is 6. The van der Waals surface area contributed by atoms with Crippen LogP contribution in [-0.4, -0.2) is 20.4 Å². The number of aromatic nitrogens is 3. The van der Waals surface area contributed by atoms with Gasteiger partial charge in [0.05, 0.1) is 6.20 Å². The van der Waals surface area contributed by atoms with Gasteiger partial charge in [-0.2, -0.15) is 4.98 Å². The van der Waals surface area contributed by atoms with E-state index < -0.39 is 0 Å². The summed E-state index contributed by atoms with van der Waals surface area (Å²) < 4.78 is 1.80. The van der Waals surface area contributed by atoms with E-state index in [1.807, 2.05) is 49.6 Å². The number of hydrogen-bond donors (Lipinski definition) is 3. The van der Waals surface area contributed by atoms with Crippen LogP contribution in [0.1, 0.15) is 21.6 Å². The molecule has 160 valence electrons. The van der Waals surface area contributed by atoms with Crippen molar-refractivity contribution < 1.29 is 4.79 Å². The summed E-state index contributed by atoms with van der Waals surface area (Å²) in [4.78, 5) is 21.6. The topological polar surface area (TPSA) is 83.9 Å². The number of nitrogens with one attached hydrogen (secondary N) is 3. The fourth-order valence-corrected chi connectivity index (χ4v) is 3.89. The number of hydrogen-bond acceptors (Lipinski definition) is 5. The molecule has 8 heteroatoms. The summed E-state index contributed by atoms with van der Waals surface area (Å²) in [7, 11) is 1.85. The minimum absolute atomic E-state index is 0.146. The molecule has 6 bridgehead atoms. The SMILES string of the molecule is Cn1cccc1C(=O)Nc1ccc2cc1CCc1cccc(c1)Nc1ncc(Cl)c(n1)N2. The van der Waals surface area contributed by atoms with Gasteiger partial charge in [-0.25, -0.2) is 4.98 Å². The highest BCUT2D eigenvalue weighted by molar-refractivity contribution is 6.32. The monoisotopic (exact) mass is 444 g/mol.